The number of carboxylic acids is 1. The molecule has 1 amide bonds. The first-order chi connectivity index (χ1) is 9.77. The zero-order valence-corrected chi connectivity index (χ0v) is 11.8. The van der Waals surface area contributed by atoms with Crippen LogP contribution >= 0.6 is 11.3 Å². The first-order valence-electron chi connectivity index (χ1n) is 6.48. The van der Waals surface area contributed by atoms with Gasteiger partial charge in [0.1, 0.15) is 4.88 Å². The number of rotatable bonds is 3. The standard InChI is InChI=1S/C13H14F3NO3S/c14-13(15,16)8-3-1-7(2-4-8)11(18)17-10-6-5-9(21-10)12(19)20/h5-8H,1-4H2,(H,17,18)(H,19,20). The highest BCUT2D eigenvalue weighted by molar-refractivity contribution is 7.18. The molecule has 0 aromatic carbocycles. The van der Waals surface area contributed by atoms with Crippen LogP contribution in [0.3, 0.4) is 0 Å². The second-order valence-corrected chi connectivity index (χ2v) is 6.13. The van der Waals surface area contributed by atoms with Crippen LogP contribution in [-0.2, 0) is 4.79 Å². The molecule has 0 radical (unpaired) electrons. The normalized spacial score (nSPS) is 22.8. The lowest BCUT2D eigenvalue weighted by atomic mass is 9.81. The summed E-state index contributed by atoms with van der Waals surface area (Å²) in [5, 5.41) is 11.8. The van der Waals surface area contributed by atoms with Gasteiger partial charge in [-0.05, 0) is 37.8 Å². The van der Waals surface area contributed by atoms with Crippen LogP contribution < -0.4 is 5.32 Å². The van der Waals surface area contributed by atoms with E-state index in [0.29, 0.717) is 5.00 Å². The molecule has 0 atom stereocenters. The van der Waals surface area contributed by atoms with Crippen molar-refractivity contribution in [1.82, 2.24) is 0 Å². The highest BCUT2D eigenvalue weighted by Gasteiger charge is 2.42. The van der Waals surface area contributed by atoms with Crippen molar-refractivity contribution in [3.8, 4) is 0 Å². The van der Waals surface area contributed by atoms with Crippen molar-refractivity contribution in [2.45, 2.75) is 31.9 Å². The molecule has 8 heteroatoms. The fraction of sp³-hybridized carbons (Fsp3) is 0.538. The number of carbonyl (C=O) groups excluding carboxylic acids is 1. The van der Waals surface area contributed by atoms with Crippen LogP contribution in [0.25, 0.3) is 0 Å². The number of anilines is 1. The molecule has 1 aromatic heterocycles. The number of thiophene rings is 1. The van der Waals surface area contributed by atoms with Crippen molar-refractivity contribution in [3.05, 3.63) is 17.0 Å². The number of amides is 1. The molecule has 1 fully saturated rings. The zero-order chi connectivity index (χ0) is 15.6. The Morgan fingerprint density at radius 3 is 2.29 bits per heavy atom. The minimum Gasteiger partial charge on any atom is -0.477 e. The van der Waals surface area contributed by atoms with Crippen molar-refractivity contribution < 1.29 is 27.9 Å². The Morgan fingerprint density at radius 1 is 1.19 bits per heavy atom. The van der Waals surface area contributed by atoms with E-state index in [1.54, 1.807) is 0 Å². The first kappa shape index (κ1) is 15.8. The van der Waals surface area contributed by atoms with E-state index in [0.717, 1.165) is 11.3 Å². The van der Waals surface area contributed by atoms with E-state index in [2.05, 4.69) is 5.32 Å². The summed E-state index contributed by atoms with van der Waals surface area (Å²) < 4.78 is 37.6. The van der Waals surface area contributed by atoms with Gasteiger partial charge in [-0.1, -0.05) is 0 Å². The number of hydrogen-bond donors (Lipinski definition) is 2. The molecular formula is C13H14F3NO3S. The van der Waals surface area contributed by atoms with Crippen LogP contribution in [0.2, 0.25) is 0 Å². The Labute approximate surface area is 123 Å². The average molecular weight is 321 g/mol. The summed E-state index contributed by atoms with van der Waals surface area (Å²) >= 11 is 0.927. The number of carbonyl (C=O) groups is 2. The molecule has 1 aliphatic carbocycles. The van der Waals surface area contributed by atoms with Gasteiger partial charge in [-0.25, -0.2) is 4.79 Å². The molecule has 0 saturated heterocycles. The SMILES string of the molecule is O=C(O)c1ccc(NC(=O)C2CCC(C(F)(F)F)CC2)s1. The van der Waals surface area contributed by atoms with Crippen LogP contribution in [0.5, 0.6) is 0 Å². The molecule has 2 rings (SSSR count). The minimum atomic E-state index is -4.19. The van der Waals surface area contributed by atoms with Crippen molar-refractivity contribution in [3.63, 3.8) is 0 Å². The van der Waals surface area contributed by atoms with Crippen LogP contribution in [0.15, 0.2) is 12.1 Å². The van der Waals surface area contributed by atoms with Gasteiger partial charge in [-0.3, -0.25) is 4.79 Å². The van der Waals surface area contributed by atoms with Crippen LogP contribution in [0.4, 0.5) is 18.2 Å². The number of nitrogens with one attached hydrogen (secondary N) is 1. The van der Waals surface area contributed by atoms with E-state index < -0.39 is 24.0 Å². The Kier molecular flexibility index (Phi) is 4.55. The third-order valence-corrected chi connectivity index (χ3v) is 4.61. The summed E-state index contributed by atoms with van der Waals surface area (Å²) in [4.78, 5) is 22.8. The highest BCUT2D eigenvalue weighted by atomic mass is 32.1. The van der Waals surface area contributed by atoms with Crippen molar-refractivity contribution in [2.24, 2.45) is 11.8 Å². The first-order valence-corrected chi connectivity index (χ1v) is 7.29. The van der Waals surface area contributed by atoms with Gasteiger partial charge in [0, 0.05) is 5.92 Å². The molecule has 0 spiro atoms. The Bertz CT molecular complexity index is 533. The fourth-order valence-corrected chi connectivity index (χ4v) is 3.17. The molecule has 4 nitrogen and oxygen atoms in total. The number of alkyl halides is 3. The topological polar surface area (TPSA) is 66.4 Å². The number of carboxylic acid groups (broad SMARTS) is 1. The molecule has 0 unspecified atom stereocenters. The summed E-state index contributed by atoms with van der Waals surface area (Å²) in [6, 6.07) is 2.86. The maximum absolute atomic E-state index is 12.5. The number of hydrogen-bond acceptors (Lipinski definition) is 3. The highest BCUT2D eigenvalue weighted by Crippen LogP contribution is 2.39. The predicted octanol–water partition coefficient (Wildman–Crippen LogP) is 3.75. The minimum absolute atomic E-state index is 0.0353. The van der Waals surface area contributed by atoms with E-state index in [4.69, 9.17) is 5.11 Å². The van der Waals surface area contributed by atoms with Crippen LogP contribution in [0.1, 0.15) is 35.4 Å². The summed E-state index contributed by atoms with van der Waals surface area (Å²) in [6.07, 6.45) is -3.86. The van der Waals surface area contributed by atoms with E-state index in [1.165, 1.54) is 12.1 Å². The summed E-state index contributed by atoms with van der Waals surface area (Å²) in [5.74, 6) is -3.18. The Balaban J connectivity index is 1.88. The van der Waals surface area contributed by atoms with Crippen molar-refractivity contribution in [2.75, 3.05) is 5.32 Å². The third kappa shape index (κ3) is 3.96. The van der Waals surface area contributed by atoms with Gasteiger partial charge in [-0.2, -0.15) is 13.2 Å². The monoisotopic (exact) mass is 321 g/mol. The summed E-state index contributed by atoms with van der Waals surface area (Å²) in [6.45, 7) is 0. The lowest BCUT2D eigenvalue weighted by molar-refractivity contribution is -0.184. The number of aromatic carboxylic acids is 1. The van der Waals surface area contributed by atoms with Gasteiger partial charge in [0.2, 0.25) is 5.91 Å². The van der Waals surface area contributed by atoms with E-state index >= 15 is 0 Å². The van der Waals surface area contributed by atoms with Gasteiger partial charge in [0.15, 0.2) is 0 Å². The molecular weight excluding hydrogens is 307 g/mol. The molecule has 2 N–H and O–H groups in total. The molecule has 0 bridgehead atoms. The predicted molar refractivity (Wildman–Crippen MR) is 71.4 cm³/mol. The van der Waals surface area contributed by atoms with E-state index in [-0.39, 0.29) is 36.5 Å². The molecule has 116 valence electrons. The molecule has 21 heavy (non-hydrogen) atoms. The lowest BCUT2D eigenvalue weighted by Gasteiger charge is -2.28. The van der Waals surface area contributed by atoms with Crippen molar-refractivity contribution >= 4 is 28.2 Å². The average Bonchev–Trinajstić information content (AvgIpc) is 2.86. The van der Waals surface area contributed by atoms with Crippen molar-refractivity contribution in [1.29, 1.82) is 0 Å². The molecule has 1 heterocycles. The second kappa shape index (κ2) is 6.05. The molecule has 0 aliphatic heterocycles. The molecule has 1 aromatic rings. The Morgan fingerprint density at radius 2 is 1.81 bits per heavy atom. The largest absolute Gasteiger partial charge is 0.477 e. The van der Waals surface area contributed by atoms with Gasteiger partial charge in [0.25, 0.3) is 0 Å². The van der Waals surface area contributed by atoms with Gasteiger partial charge in [0.05, 0.1) is 10.9 Å². The van der Waals surface area contributed by atoms with E-state index in [9.17, 15) is 22.8 Å². The summed E-state index contributed by atoms with van der Waals surface area (Å²) in [5.41, 5.74) is 0. The smallest absolute Gasteiger partial charge is 0.391 e. The Hall–Kier alpha value is -1.57. The second-order valence-electron chi connectivity index (χ2n) is 5.05. The summed E-state index contributed by atoms with van der Waals surface area (Å²) in [7, 11) is 0. The van der Waals surface area contributed by atoms with Gasteiger partial charge in [-0.15, -0.1) is 11.3 Å². The quantitative estimate of drug-likeness (QED) is 0.891. The van der Waals surface area contributed by atoms with Crippen LogP contribution in [0, 0.1) is 11.8 Å². The van der Waals surface area contributed by atoms with Crippen LogP contribution in [-0.4, -0.2) is 23.2 Å². The third-order valence-electron chi connectivity index (χ3n) is 3.62. The van der Waals surface area contributed by atoms with E-state index in [1.807, 2.05) is 0 Å². The fourth-order valence-electron chi connectivity index (χ4n) is 2.43. The molecule has 1 aliphatic rings. The van der Waals surface area contributed by atoms with Gasteiger partial charge >= 0.3 is 12.1 Å². The zero-order valence-electron chi connectivity index (χ0n) is 10.9. The maximum atomic E-state index is 12.5. The number of halogens is 3. The van der Waals surface area contributed by atoms with Gasteiger partial charge < -0.3 is 10.4 Å². The lowest BCUT2D eigenvalue weighted by Crippen LogP contribution is -2.32. The molecule has 1 saturated carbocycles. The maximum Gasteiger partial charge on any atom is 0.391 e.